The Morgan fingerprint density at radius 1 is 1.08 bits per heavy atom. The van der Waals surface area contributed by atoms with E-state index in [4.69, 9.17) is 16.3 Å². The van der Waals surface area contributed by atoms with Crippen molar-refractivity contribution in [2.75, 3.05) is 11.9 Å². The van der Waals surface area contributed by atoms with Crippen molar-refractivity contribution in [1.29, 1.82) is 0 Å². The molecule has 1 N–H and O–H groups in total. The molecule has 26 heavy (non-hydrogen) atoms. The van der Waals surface area contributed by atoms with Crippen LogP contribution < -0.4 is 5.32 Å². The van der Waals surface area contributed by atoms with E-state index < -0.39 is 0 Å². The van der Waals surface area contributed by atoms with Crippen LogP contribution in [0.15, 0.2) is 48.5 Å². The molecule has 5 heteroatoms. The van der Waals surface area contributed by atoms with E-state index >= 15 is 0 Å². The highest BCUT2D eigenvalue weighted by atomic mass is 35.5. The van der Waals surface area contributed by atoms with E-state index in [-0.39, 0.29) is 11.9 Å². The van der Waals surface area contributed by atoms with Crippen molar-refractivity contribution in [3.8, 4) is 0 Å². The van der Waals surface area contributed by atoms with Crippen LogP contribution in [0, 0.1) is 0 Å². The summed E-state index contributed by atoms with van der Waals surface area (Å²) in [5.74, 6) is -0.417. The van der Waals surface area contributed by atoms with Crippen molar-refractivity contribution in [2.24, 2.45) is 0 Å². The third-order valence-electron chi connectivity index (χ3n) is 3.92. The molecule has 0 aromatic heterocycles. The first kappa shape index (κ1) is 20.0. The quantitative estimate of drug-likeness (QED) is 0.482. The number of anilines is 1. The van der Waals surface area contributed by atoms with Gasteiger partial charge in [0.2, 0.25) is 5.91 Å². The Hall–Kier alpha value is -2.33. The smallest absolute Gasteiger partial charge is 0.338 e. The standard InChI is InChI=1S/C21H24ClNO3/c1-2-3-4-14-26-21(25)17-9-11-19(12-10-17)23-20(24)13-8-16-6-5-7-18(22)15-16/h5-7,9-12,15H,2-4,8,13-14H2,1H3,(H,23,24). The van der Waals surface area contributed by atoms with Crippen molar-refractivity contribution in [1.82, 2.24) is 0 Å². The summed E-state index contributed by atoms with van der Waals surface area (Å²) in [6, 6.07) is 14.2. The largest absolute Gasteiger partial charge is 0.462 e. The summed E-state index contributed by atoms with van der Waals surface area (Å²) < 4.78 is 5.21. The molecule has 4 nitrogen and oxygen atoms in total. The summed E-state index contributed by atoms with van der Waals surface area (Å²) in [5.41, 5.74) is 2.16. The van der Waals surface area contributed by atoms with Gasteiger partial charge in [-0.25, -0.2) is 4.79 Å². The zero-order chi connectivity index (χ0) is 18.8. The normalized spacial score (nSPS) is 10.4. The SMILES string of the molecule is CCCCCOC(=O)c1ccc(NC(=O)CCc2cccc(Cl)c2)cc1. The lowest BCUT2D eigenvalue weighted by molar-refractivity contribution is -0.116. The number of hydrogen-bond acceptors (Lipinski definition) is 3. The Labute approximate surface area is 159 Å². The van der Waals surface area contributed by atoms with Crippen LogP contribution in [0.25, 0.3) is 0 Å². The molecule has 2 aromatic rings. The van der Waals surface area contributed by atoms with Crippen LogP contribution in [0.3, 0.4) is 0 Å². The topological polar surface area (TPSA) is 55.4 Å². The minimum Gasteiger partial charge on any atom is -0.462 e. The zero-order valence-corrected chi connectivity index (χ0v) is 15.7. The fourth-order valence-corrected chi connectivity index (χ4v) is 2.68. The Bertz CT molecular complexity index is 728. The number of halogens is 1. The molecule has 0 aliphatic heterocycles. The van der Waals surface area contributed by atoms with Gasteiger partial charge >= 0.3 is 5.97 Å². The molecule has 0 atom stereocenters. The Morgan fingerprint density at radius 2 is 1.85 bits per heavy atom. The lowest BCUT2D eigenvalue weighted by Gasteiger charge is -2.07. The molecule has 0 fully saturated rings. The fourth-order valence-electron chi connectivity index (χ4n) is 2.46. The van der Waals surface area contributed by atoms with Gasteiger partial charge in [-0.15, -0.1) is 0 Å². The third kappa shape index (κ3) is 6.89. The van der Waals surface area contributed by atoms with Crippen LogP contribution in [-0.2, 0) is 16.0 Å². The summed E-state index contributed by atoms with van der Waals surface area (Å²) in [4.78, 5) is 24.0. The molecule has 0 heterocycles. The molecular formula is C21H24ClNO3. The molecule has 0 radical (unpaired) electrons. The Morgan fingerprint density at radius 3 is 2.54 bits per heavy atom. The van der Waals surface area contributed by atoms with Crippen molar-refractivity contribution in [2.45, 2.75) is 39.0 Å². The molecule has 1 amide bonds. The van der Waals surface area contributed by atoms with Crippen LogP contribution in [0.5, 0.6) is 0 Å². The number of carbonyl (C=O) groups excluding carboxylic acids is 2. The van der Waals surface area contributed by atoms with Crippen LogP contribution in [-0.4, -0.2) is 18.5 Å². The van der Waals surface area contributed by atoms with E-state index in [2.05, 4.69) is 12.2 Å². The van der Waals surface area contributed by atoms with Gasteiger partial charge in [0.25, 0.3) is 0 Å². The van der Waals surface area contributed by atoms with E-state index in [0.29, 0.717) is 35.7 Å². The number of ether oxygens (including phenoxy) is 1. The van der Waals surface area contributed by atoms with E-state index in [1.165, 1.54) is 0 Å². The van der Waals surface area contributed by atoms with Crippen molar-refractivity contribution < 1.29 is 14.3 Å². The Balaban J connectivity index is 1.78. The van der Waals surface area contributed by atoms with Gasteiger partial charge in [-0.3, -0.25) is 4.79 Å². The van der Waals surface area contributed by atoms with Gasteiger partial charge in [-0.1, -0.05) is 43.5 Å². The second kappa shape index (κ2) is 10.6. The molecule has 2 aromatic carbocycles. The fraction of sp³-hybridized carbons (Fsp3) is 0.333. The first-order valence-corrected chi connectivity index (χ1v) is 9.27. The predicted octanol–water partition coefficient (Wildman–Crippen LogP) is 5.26. The van der Waals surface area contributed by atoms with Gasteiger partial charge in [0.15, 0.2) is 0 Å². The minimum atomic E-state index is -0.333. The highest BCUT2D eigenvalue weighted by molar-refractivity contribution is 6.30. The predicted molar refractivity (Wildman–Crippen MR) is 105 cm³/mol. The van der Waals surface area contributed by atoms with Crippen LogP contribution >= 0.6 is 11.6 Å². The summed E-state index contributed by atoms with van der Waals surface area (Å²) in [6.45, 7) is 2.54. The molecule has 0 saturated heterocycles. The summed E-state index contributed by atoms with van der Waals surface area (Å²) >= 11 is 5.94. The second-order valence-electron chi connectivity index (χ2n) is 6.10. The number of unbranched alkanes of at least 4 members (excludes halogenated alkanes) is 2. The summed E-state index contributed by atoms with van der Waals surface area (Å²) in [7, 11) is 0. The third-order valence-corrected chi connectivity index (χ3v) is 4.15. The van der Waals surface area contributed by atoms with Crippen LogP contribution in [0.2, 0.25) is 5.02 Å². The average Bonchev–Trinajstić information content (AvgIpc) is 2.64. The summed E-state index contributed by atoms with van der Waals surface area (Å²) in [5, 5.41) is 3.50. The summed E-state index contributed by atoms with van der Waals surface area (Å²) in [6.07, 6.45) is 4.00. The van der Waals surface area contributed by atoms with Crippen LogP contribution in [0.1, 0.15) is 48.5 Å². The number of nitrogens with one attached hydrogen (secondary N) is 1. The number of hydrogen-bond donors (Lipinski definition) is 1. The number of aryl methyl sites for hydroxylation is 1. The maximum Gasteiger partial charge on any atom is 0.338 e. The first-order valence-electron chi connectivity index (χ1n) is 8.90. The second-order valence-corrected chi connectivity index (χ2v) is 6.53. The van der Waals surface area contributed by atoms with Gasteiger partial charge in [0, 0.05) is 17.1 Å². The highest BCUT2D eigenvalue weighted by Gasteiger charge is 2.08. The molecule has 0 spiro atoms. The van der Waals surface area contributed by atoms with E-state index in [1.807, 2.05) is 24.3 Å². The van der Waals surface area contributed by atoms with Crippen LogP contribution in [0.4, 0.5) is 5.69 Å². The number of amides is 1. The van der Waals surface area contributed by atoms with Gasteiger partial charge in [-0.2, -0.15) is 0 Å². The van der Waals surface area contributed by atoms with E-state index in [9.17, 15) is 9.59 Å². The number of carbonyl (C=O) groups is 2. The monoisotopic (exact) mass is 373 g/mol. The van der Waals surface area contributed by atoms with Gasteiger partial charge in [0.1, 0.15) is 0 Å². The lowest BCUT2D eigenvalue weighted by atomic mass is 10.1. The molecule has 0 bridgehead atoms. The minimum absolute atomic E-state index is 0.0835. The zero-order valence-electron chi connectivity index (χ0n) is 15.0. The number of esters is 1. The van der Waals surface area contributed by atoms with Crippen molar-refractivity contribution in [3.63, 3.8) is 0 Å². The highest BCUT2D eigenvalue weighted by Crippen LogP contribution is 2.14. The van der Waals surface area contributed by atoms with E-state index in [0.717, 1.165) is 24.8 Å². The maximum atomic E-state index is 12.1. The lowest BCUT2D eigenvalue weighted by Crippen LogP contribution is -2.12. The number of rotatable bonds is 9. The molecule has 138 valence electrons. The first-order chi connectivity index (χ1) is 12.6. The molecule has 0 aliphatic rings. The van der Waals surface area contributed by atoms with Gasteiger partial charge < -0.3 is 10.1 Å². The molecule has 0 unspecified atom stereocenters. The molecular weight excluding hydrogens is 350 g/mol. The Kier molecular flexibility index (Phi) is 8.16. The van der Waals surface area contributed by atoms with Gasteiger partial charge in [-0.05, 0) is 54.8 Å². The molecule has 0 saturated carbocycles. The van der Waals surface area contributed by atoms with E-state index in [1.54, 1.807) is 24.3 Å². The number of benzene rings is 2. The molecule has 2 rings (SSSR count). The molecule has 0 aliphatic carbocycles. The van der Waals surface area contributed by atoms with Crippen molar-refractivity contribution in [3.05, 3.63) is 64.7 Å². The van der Waals surface area contributed by atoms with Crippen molar-refractivity contribution >= 4 is 29.2 Å². The maximum absolute atomic E-state index is 12.1. The average molecular weight is 374 g/mol. The van der Waals surface area contributed by atoms with Gasteiger partial charge in [0.05, 0.1) is 12.2 Å².